The minimum atomic E-state index is -0.0193. The van der Waals surface area contributed by atoms with E-state index >= 15 is 0 Å². The average Bonchev–Trinajstić information content (AvgIpc) is 4.01. The van der Waals surface area contributed by atoms with Crippen molar-refractivity contribution >= 4 is 76.2 Å². The molecule has 0 saturated carbocycles. The Labute approximate surface area is 407 Å². The molecule has 0 fully saturated rings. The molecule has 0 aliphatic heterocycles. The number of hydrogen-bond acceptors (Lipinski definition) is 0. The van der Waals surface area contributed by atoms with Gasteiger partial charge in [0.05, 0.1) is 33.1 Å². The summed E-state index contributed by atoms with van der Waals surface area (Å²) >= 11 is 0. The lowest BCUT2D eigenvalue weighted by Crippen LogP contribution is -2.42. The molecule has 0 radical (unpaired) electrons. The van der Waals surface area contributed by atoms with Crippen molar-refractivity contribution in [3.8, 4) is 0 Å². The molecule has 9 aromatic rings. The molecular weight excluding hydrogens is 821 g/mol. The summed E-state index contributed by atoms with van der Waals surface area (Å²) in [6.07, 6.45) is 0. The number of nitrogens with zero attached hydrogens (tertiary/aromatic N) is 2. The van der Waals surface area contributed by atoms with E-state index in [1.54, 1.807) is 0 Å². The largest absolute Gasteiger partial charge is 0.308 e. The predicted octanol–water partition coefficient (Wildman–Crippen LogP) is 18.4. The molecule has 13 rings (SSSR count). The molecule has 2 heteroatoms. The van der Waals surface area contributed by atoms with Crippen LogP contribution in [0.4, 0.5) is 0 Å². The molecule has 4 aliphatic rings. The van der Waals surface area contributed by atoms with Gasteiger partial charge >= 0.3 is 0 Å². The van der Waals surface area contributed by atoms with E-state index in [-0.39, 0.29) is 65.0 Å². The summed E-state index contributed by atoms with van der Waals surface area (Å²) in [5.41, 5.74) is 20.5. The lowest BCUT2D eigenvalue weighted by Gasteiger charge is -2.44. The summed E-state index contributed by atoms with van der Waals surface area (Å²) in [5.74, 6) is 0. The summed E-state index contributed by atoms with van der Waals surface area (Å²) in [7, 11) is 0. The molecule has 0 amide bonds. The molecule has 0 bridgehead atoms. The van der Waals surface area contributed by atoms with Gasteiger partial charge in [0.1, 0.15) is 0 Å². The fourth-order valence-corrected chi connectivity index (χ4v) is 16.8. The molecule has 354 valence electrons. The van der Waals surface area contributed by atoms with Crippen LogP contribution < -0.4 is 0 Å². The van der Waals surface area contributed by atoms with E-state index in [0.29, 0.717) is 0 Å². The third kappa shape index (κ3) is 3.83. The van der Waals surface area contributed by atoms with Crippen LogP contribution in [0.2, 0.25) is 0 Å². The Morgan fingerprint density at radius 1 is 0.221 bits per heavy atom. The van der Waals surface area contributed by atoms with Crippen LogP contribution in [0.5, 0.6) is 0 Å². The zero-order valence-electron chi connectivity index (χ0n) is 46.5. The molecule has 0 unspecified atom stereocenters. The maximum atomic E-state index is 2.79. The van der Waals surface area contributed by atoms with Crippen LogP contribution in [0.1, 0.15) is 211 Å². The summed E-state index contributed by atoms with van der Waals surface area (Å²) in [4.78, 5) is 0. The number of hydrogen-bond donors (Lipinski definition) is 0. The van der Waals surface area contributed by atoms with E-state index in [2.05, 4.69) is 224 Å². The normalized spacial score (nSPS) is 25.3. The molecule has 2 nitrogen and oxygen atoms in total. The Bertz CT molecular complexity index is 3380. The predicted molar refractivity (Wildman–Crippen MR) is 295 cm³/mol. The Balaban J connectivity index is 1.36. The van der Waals surface area contributed by atoms with Gasteiger partial charge in [-0.3, -0.25) is 0 Å². The lowest BCUT2D eigenvalue weighted by molar-refractivity contribution is 0.125. The average molecular weight is 901 g/mol. The quantitative estimate of drug-likeness (QED) is 0.143. The van der Waals surface area contributed by atoms with Gasteiger partial charge in [0.15, 0.2) is 0 Å². The van der Waals surface area contributed by atoms with Crippen molar-refractivity contribution in [2.45, 2.75) is 209 Å². The van der Waals surface area contributed by atoms with Gasteiger partial charge in [-0.2, -0.15) is 0 Å². The fraction of sp³-hybridized carbons (Fsp3) is 0.545. The molecule has 4 heterocycles. The fourth-order valence-electron chi connectivity index (χ4n) is 16.8. The van der Waals surface area contributed by atoms with Gasteiger partial charge in [0.25, 0.3) is 0 Å². The smallest absolute Gasteiger partial charge is 0.0634 e. The van der Waals surface area contributed by atoms with Crippen molar-refractivity contribution < 1.29 is 0 Å². The van der Waals surface area contributed by atoms with Crippen molar-refractivity contribution in [1.82, 2.24) is 8.80 Å². The van der Waals surface area contributed by atoms with Crippen molar-refractivity contribution in [2.75, 3.05) is 0 Å². The zero-order chi connectivity index (χ0) is 49.5. The Kier molecular flexibility index (Phi) is 7.03. The van der Waals surface area contributed by atoms with Crippen LogP contribution in [0.25, 0.3) is 76.2 Å². The van der Waals surface area contributed by atoms with Crippen LogP contribution in [-0.2, 0) is 43.3 Å². The monoisotopic (exact) mass is 901 g/mol. The maximum absolute atomic E-state index is 2.79. The van der Waals surface area contributed by atoms with Gasteiger partial charge in [-0.05, 0) is 158 Å². The second kappa shape index (κ2) is 10.9. The SMILES string of the molecule is CC1(C)c2cc3c4c5c6cc7c(cc6n6c8cc9c(cc8c(c8c%10cc%11c(cc%10n(c3cc2C(C)(C)C1(C)C)c48)C(C)(C)C(C)(C)C%11(C)C)c56)C(C)(C)C(C)(C)C9(C)C)C(C)(C)C(C)(C)C7(C)C. The van der Waals surface area contributed by atoms with Gasteiger partial charge in [0.2, 0.25) is 0 Å². The first-order valence-corrected chi connectivity index (χ1v) is 26.5. The van der Waals surface area contributed by atoms with E-state index < -0.39 is 0 Å². The Morgan fingerprint density at radius 3 is 0.529 bits per heavy atom. The number of aromatic nitrogens is 2. The van der Waals surface area contributed by atoms with Gasteiger partial charge in [-0.15, -0.1) is 0 Å². The van der Waals surface area contributed by atoms with Crippen molar-refractivity contribution in [3.63, 3.8) is 0 Å². The van der Waals surface area contributed by atoms with Crippen molar-refractivity contribution in [1.29, 1.82) is 0 Å². The lowest BCUT2D eigenvalue weighted by atomic mass is 9.59. The van der Waals surface area contributed by atoms with Crippen molar-refractivity contribution in [2.24, 2.45) is 21.7 Å². The molecule has 68 heavy (non-hydrogen) atoms. The first-order chi connectivity index (χ1) is 30.8. The Hall–Kier alpha value is -4.30. The summed E-state index contributed by atoms with van der Waals surface area (Å²) < 4.78 is 5.59. The molecule has 0 atom stereocenters. The highest BCUT2D eigenvalue weighted by Gasteiger charge is 2.61. The van der Waals surface area contributed by atoms with Gasteiger partial charge in [-0.25, -0.2) is 0 Å². The highest BCUT2D eigenvalue weighted by molar-refractivity contribution is 6.45. The number of rotatable bonds is 0. The van der Waals surface area contributed by atoms with E-state index in [1.165, 1.54) is 121 Å². The second-order valence-corrected chi connectivity index (χ2v) is 30.0. The van der Waals surface area contributed by atoms with Crippen molar-refractivity contribution in [3.05, 3.63) is 93.0 Å². The molecule has 5 aromatic carbocycles. The minimum absolute atomic E-state index is 0.0175. The van der Waals surface area contributed by atoms with Gasteiger partial charge < -0.3 is 8.80 Å². The standard InChI is InChI=1S/C66H80N2/c1-55(2)37-25-33-45(29-41(37)59(9,10)63(55,17)18)67-46-30-42-39(57(5,6)65(21,22)60(42,11)12)27-35(46)51-52-36-28-40-44(62(15,16)66(23,24)58(40,7)8)32-48(36)68-47-31-43-38(56(3,4)64(19,20)61(43,13)14)26-34(47)50(54(52)68)49(33)53(51)67/h25-32H,1-24H3. The second-order valence-electron chi connectivity index (χ2n) is 30.0. The van der Waals surface area contributed by atoms with E-state index in [4.69, 9.17) is 0 Å². The maximum Gasteiger partial charge on any atom is 0.0634 e. The first kappa shape index (κ1) is 43.7. The molecule has 0 N–H and O–H groups in total. The van der Waals surface area contributed by atoms with Crippen LogP contribution in [-0.4, -0.2) is 8.80 Å². The number of fused-ring (bicyclic) bond motifs is 18. The molecule has 4 aromatic heterocycles. The highest BCUT2D eigenvalue weighted by Crippen LogP contribution is 2.68. The summed E-state index contributed by atoms with van der Waals surface area (Å²) in [6, 6.07) is 21.6. The number of benzene rings is 5. The topological polar surface area (TPSA) is 8.82 Å². The molecule has 0 spiro atoms. The Morgan fingerprint density at radius 2 is 0.368 bits per heavy atom. The van der Waals surface area contributed by atoms with Crippen LogP contribution in [0, 0.1) is 21.7 Å². The third-order valence-corrected chi connectivity index (χ3v) is 26.4. The first-order valence-electron chi connectivity index (χ1n) is 26.5. The van der Waals surface area contributed by atoms with Gasteiger partial charge in [-0.1, -0.05) is 166 Å². The highest BCUT2D eigenvalue weighted by atomic mass is 15.0. The van der Waals surface area contributed by atoms with E-state index in [0.717, 1.165) is 0 Å². The van der Waals surface area contributed by atoms with Crippen LogP contribution in [0.15, 0.2) is 48.5 Å². The minimum Gasteiger partial charge on any atom is -0.308 e. The molecular formula is C66H80N2. The molecule has 0 saturated heterocycles. The third-order valence-electron chi connectivity index (χ3n) is 26.4. The summed E-state index contributed by atoms with van der Waals surface area (Å²) in [5, 5.41) is 11.5. The van der Waals surface area contributed by atoms with Crippen LogP contribution >= 0.6 is 0 Å². The summed E-state index contributed by atoms with van der Waals surface area (Å²) in [6.45, 7) is 60.5. The van der Waals surface area contributed by atoms with E-state index in [9.17, 15) is 0 Å². The van der Waals surface area contributed by atoms with Gasteiger partial charge in [0, 0.05) is 43.1 Å². The van der Waals surface area contributed by atoms with Crippen LogP contribution in [0.3, 0.4) is 0 Å². The van der Waals surface area contributed by atoms with E-state index in [1.807, 2.05) is 0 Å². The zero-order valence-corrected chi connectivity index (χ0v) is 46.5. The molecule has 4 aliphatic carbocycles.